The van der Waals surface area contributed by atoms with E-state index in [2.05, 4.69) is 48.4 Å². The Kier molecular flexibility index (Phi) is 3.83. The standard InChI is InChI=1S/C24H19N3O/c1-17-7-2-3-9-19(17)16-26-13-14-27-23(24(26)28)15-22(25-27)21-12-6-10-18-8-4-5-11-20(18)21/h2-15H,16H2,1H3. The molecule has 0 spiro atoms. The molecule has 2 heterocycles. The smallest absolute Gasteiger partial charge is 0.276 e. The van der Waals surface area contributed by atoms with Crippen LogP contribution in [0.5, 0.6) is 0 Å². The van der Waals surface area contributed by atoms with Crippen LogP contribution in [-0.4, -0.2) is 14.2 Å². The van der Waals surface area contributed by atoms with E-state index in [1.807, 2.05) is 48.8 Å². The highest BCUT2D eigenvalue weighted by molar-refractivity contribution is 5.96. The maximum absolute atomic E-state index is 13.1. The van der Waals surface area contributed by atoms with Crippen molar-refractivity contribution in [3.63, 3.8) is 0 Å². The summed E-state index contributed by atoms with van der Waals surface area (Å²) in [5.74, 6) is 0. The Labute approximate surface area is 162 Å². The van der Waals surface area contributed by atoms with Crippen molar-refractivity contribution in [1.82, 2.24) is 14.2 Å². The van der Waals surface area contributed by atoms with Gasteiger partial charge in [0.25, 0.3) is 5.56 Å². The average Bonchev–Trinajstić information content (AvgIpc) is 3.16. The quantitative estimate of drug-likeness (QED) is 0.466. The number of aromatic nitrogens is 3. The summed E-state index contributed by atoms with van der Waals surface area (Å²) >= 11 is 0. The zero-order chi connectivity index (χ0) is 19.1. The zero-order valence-corrected chi connectivity index (χ0v) is 15.5. The number of hydrogen-bond donors (Lipinski definition) is 0. The Bertz CT molecular complexity index is 1370. The molecule has 0 N–H and O–H groups in total. The molecule has 28 heavy (non-hydrogen) atoms. The summed E-state index contributed by atoms with van der Waals surface area (Å²) < 4.78 is 3.42. The molecule has 136 valence electrons. The second-order valence-corrected chi connectivity index (χ2v) is 7.04. The van der Waals surface area contributed by atoms with Gasteiger partial charge < -0.3 is 4.57 Å². The van der Waals surface area contributed by atoms with Crippen LogP contribution < -0.4 is 5.56 Å². The fraction of sp³-hybridized carbons (Fsp3) is 0.0833. The predicted octanol–water partition coefficient (Wildman–Crippen LogP) is 4.67. The highest BCUT2D eigenvalue weighted by atomic mass is 16.1. The van der Waals surface area contributed by atoms with Gasteiger partial charge in [-0.2, -0.15) is 5.10 Å². The molecule has 0 saturated heterocycles. The van der Waals surface area contributed by atoms with Gasteiger partial charge in [0.2, 0.25) is 0 Å². The van der Waals surface area contributed by atoms with Crippen molar-refractivity contribution >= 4 is 16.3 Å². The van der Waals surface area contributed by atoms with Crippen LogP contribution in [0.25, 0.3) is 27.5 Å². The lowest BCUT2D eigenvalue weighted by molar-refractivity contribution is 0.740. The molecule has 4 heteroatoms. The van der Waals surface area contributed by atoms with Crippen LogP contribution in [0.15, 0.2) is 90.0 Å². The highest BCUT2D eigenvalue weighted by Crippen LogP contribution is 2.27. The van der Waals surface area contributed by atoms with E-state index in [1.54, 1.807) is 9.08 Å². The van der Waals surface area contributed by atoms with Crippen molar-refractivity contribution in [2.45, 2.75) is 13.5 Å². The van der Waals surface area contributed by atoms with Gasteiger partial charge in [0.05, 0.1) is 12.2 Å². The Morgan fingerprint density at radius 1 is 0.893 bits per heavy atom. The van der Waals surface area contributed by atoms with Crippen LogP contribution in [0, 0.1) is 6.92 Å². The molecule has 0 atom stereocenters. The number of aryl methyl sites for hydroxylation is 1. The van der Waals surface area contributed by atoms with Crippen LogP contribution in [-0.2, 0) is 6.54 Å². The highest BCUT2D eigenvalue weighted by Gasteiger charge is 2.12. The molecule has 5 aromatic rings. The summed E-state index contributed by atoms with van der Waals surface area (Å²) in [6.07, 6.45) is 3.66. The minimum atomic E-state index is -0.0373. The zero-order valence-electron chi connectivity index (χ0n) is 15.5. The van der Waals surface area contributed by atoms with Crippen molar-refractivity contribution in [1.29, 1.82) is 0 Å². The maximum atomic E-state index is 13.1. The van der Waals surface area contributed by atoms with E-state index in [-0.39, 0.29) is 5.56 Å². The Morgan fingerprint density at radius 3 is 2.57 bits per heavy atom. The first-order chi connectivity index (χ1) is 13.7. The van der Waals surface area contributed by atoms with Crippen molar-refractivity contribution in [2.24, 2.45) is 0 Å². The van der Waals surface area contributed by atoms with Crippen LogP contribution in [0.4, 0.5) is 0 Å². The first-order valence-electron chi connectivity index (χ1n) is 9.32. The lowest BCUT2D eigenvalue weighted by atomic mass is 10.0. The summed E-state index contributed by atoms with van der Waals surface area (Å²) in [6, 6.07) is 24.4. The molecule has 5 rings (SSSR count). The third kappa shape index (κ3) is 2.70. The van der Waals surface area contributed by atoms with E-state index in [1.165, 1.54) is 5.56 Å². The molecule has 0 unspecified atom stereocenters. The number of fused-ring (bicyclic) bond motifs is 2. The third-order valence-corrected chi connectivity index (χ3v) is 5.27. The van der Waals surface area contributed by atoms with Crippen molar-refractivity contribution < 1.29 is 0 Å². The van der Waals surface area contributed by atoms with Gasteiger partial charge in [0.1, 0.15) is 5.52 Å². The number of rotatable bonds is 3. The molecular weight excluding hydrogens is 346 g/mol. The fourth-order valence-electron chi connectivity index (χ4n) is 3.70. The molecular formula is C24H19N3O. The van der Waals surface area contributed by atoms with Gasteiger partial charge in [0.15, 0.2) is 0 Å². The third-order valence-electron chi connectivity index (χ3n) is 5.27. The van der Waals surface area contributed by atoms with Crippen LogP contribution >= 0.6 is 0 Å². The van der Waals surface area contributed by atoms with Crippen molar-refractivity contribution in [2.75, 3.05) is 0 Å². The Balaban J connectivity index is 1.63. The Morgan fingerprint density at radius 2 is 1.68 bits per heavy atom. The second kappa shape index (κ2) is 6.50. The van der Waals surface area contributed by atoms with Gasteiger partial charge in [-0.1, -0.05) is 66.7 Å². The molecule has 0 saturated carbocycles. The molecule has 0 radical (unpaired) electrons. The maximum Gasteiger partial charge on any atom is 0.276 e. The molecule has 0 aliphatic heterocycles. The molecule has 0 aliphatic carbocycles. The minimum Gasteiger partial charge on any atom is -0.308 e. The van der Waals surface area contributed by atoms with E-state index in [0.29, 0.717) is 12.1 Å². The van der Waals surface area contributed by atoms with Crippen molar-refractivity contribution in [3.8, 4) is 11.3 Å². The van der Waals surface area contributed by atoms with Crippen LogP contribution in [0.2, 0.25) is 0 Å². The summed E-state index contributed by atoms with van der Waals surface area (Å²) in [7, 11) is 0. The topological polar surface area (TPSA) is 39.3 Å². The van der Waals surface area contributed by atoms with Crippen molar-refractivity contribution in [3.05, 3.63) is 107 Å². The van der Waals surface area contributed by atoms with Crippen LogP contribution in [0.1, 0.15) is 11.1 Å². The lowest BCUT2D eigenvalue weighted by Gasteiger charge is -2.08. The fourth-order valence-corrected chi connectivity index (χ4v) is 3.70. The Hall–Kier alpha value is -3.66. The average molecular weight is 365 g/mol. The number of benzene rings is 3. The van der Waals surface area contributed by atoms with E-state index < -0.39 is 0 Å². The van der Waals surface area contributed by atoms with E-state index in [0.717, 1.165) is 27.6 Å². The van der Waals surface area contributed by atoms with Gasteiger partial charge >= 0.3 is 0 Å². The molecule has 4 nitrogen and oxygen atoms in total. The molecule has 0 amide bonds. The molecule has 0 bridgehead atoms. The monoisotopic (exact) mass is 365 g/mol. The first-order valence-corrected chi connectivity index (χ1v) is 9.32. The summed E-state index contributed by atoms with van der Waals surface area (Å²) in [4.78, 5) is 13.1. The molecule has 0 aliphatic rings. The molecule has 2 aromatic heterocycles. The van der Waals surface area contributed by atoms with Gasteiger partial charge in [-0.3, -0.25) is 4.79 Å². The SMILES string of the molecule is Cc1ccccc1Cn1ccn2nc(-c3cccc4ccccc34)cc2c1=O. The van der Waals surface area contributed by atoms with Gasteiger partial charge in [0, 0.05) is 18.0 Å². The number of nitrogens with zero attached hydrogens (tertiary/aromatic N) is 3. The lowest BCUT2D eigenvalue weighted by Crippen LogP contribution is -2.22. The van der Waals surface area contributed by atoms with E-state index in [4.69, 9.17) is 0 Å². The largest absolute Gasteiger partial charge is 0.308 e. The number of hydrogen-bond acceptors (Lipinski definition) is 2. The first kappa shape index (κ1) is 16.5. The van der Waals surface area contributed by atoms with Gasteiger partial charge in [-0.25, -0.2) is 4.52 Å². The van der Waals surface area contributed by atoms with Crippen LogP contribution in [0.3, 0.4) is 0 Å². The minimum absolute atomic E-state index is 0.0373. The summed E-state index contributed by atoms with van der Waals surface area (Å²) in [5.41, 5.74) is 4.71. The summed E-state index contributed by atoms with van der Waals surface area (Å²) in [5, 5.41) is 6.96. The van der Waals surface area contributed by atoms with E-state index >= 15 is 0 Å². The predicted molar refractivity (Wildman–Crippen MR) is 113 cm³/mol. The van der Waals surface area contributed by atoms with Gasteiger partial charge in [-0.05, 0) is 34.9 Å². The van der Waals surface area contributed by atoms with E-state index in [9.17, 15) is 4.79 Å². The summed E-state index contributed by atoms with van der Waals surface area (Å²) in [6.45, 7) is 2.62. The van der Waals surface area contributed by atoms with Gasteiger partial charge in [-0.15, -0.1) is 0 Å². The molecule has 3 aromatic carbocycles. The normalized spacial score (nSPS) is 11.3. The molecule has 0 fully saturated rings. The second-order valence-electron chi connectivity index (χ2n) is 7.04.